The molecule has 21 heavy (non-hydrogen) atoms. The molecule has 0 aliphatic rings. The van der Waals surface area contributed by atoms with E-state index in [2.05, 4.69) is 35.8 Å². The SMILES string of the molecule is Cc1ccsc1-c1ccc(CNC(=O)OC(C)(C)C)cc1. The van der Waals surface area contributed by atoms with Crippen molar-refractivity contribution in [3.63, 3.8) is 0 Å². The van der Waals surface area contributed by atoms with Crippen LogP contribution in [0.15, 0.2) is 35.7 Å². The highest BCUT2D eigenvalue weighted by molar-refractivity contribution is 7.13. The molecule has 0 fully saturated rings. The van der Waals surface area contributed by atoms with E-state index in [0.29, 0.717) is 6.54 Å². The number of thiophene rings is 1. The zero-order chi connectivity index (χ0) is 15.5. The summed E-state index contributed by atoms with van der Waals surface area (Å²) in [6.45, 7) is 8.14. The third kappa shape index (κ3) is 4.60. The van der Waals surface area contributed by atoms with Crippen LogP contribution >= 0.6 is 11.3 Å². The molecule has 1 heterocycles. The summed E-state index contributed by atoms with van der Waals surface area (Å²) < 4.78 is 5.21. The van der Waals surface area contributed by atoms with Crippen molar-refractivity contribution in [3.05, 3.63) is 46.8 Å². The average molecular weight is 303 g/mol. The van der Waals surface area contributed by atoms with E-state index < -0.39 is 5.60 Å². The molecule has 0 aliphatic carbocycles. The molecule has 0 atom stereocenters. The topological polar surface area (TPSA) is 38.3 Å². The first-order chi connectivity index (χ1) is 9.85. The van der Waals surface area contributed by atoms with Gasteiger partial charge in [0.1, 0.15) is 5.60 Å². The lowest BCUT2D eigenvalue weighted by molar-refractivity contribution is 0.0523. The van der Waals surface area contributed by atoms with Crippen molar-refractivity contribution in [2.24, 2.45) is 0 Å². The van der Waals surface area contributed by atoms with Gasteiger partial charge in [-0.05, 0) is 55.8 Å². The molecule has 1 aromatic heterocycles. The Kier molecular flexibility index (Phi) is 4.68. The summed E-state index contributed by atoms with van der Waals surface area (Å²) in [7, 11) is 0. The molecule has 112 valence electrons. The van der Waals surface area contributed by atoms with Gasteiger partial charge in [-0.3, -0.25) is 0 Å². The first-order valence-corrected chi connectivity index (χ1v) is 7.83. The minimum Gasteiger partial charge on any atom is -0.444 e. The van der Waals surface area contributed by atoms with E-state index in [4.69, 9.17) is 4.74 Å². The molecule has 4 heteroatoms. The van der Waals surface area contributed by atoms with Crippen molar-refractivity contribution in [2.75, 3.05) is 0 Å². The molecule has 0 aliphatic heterocycles. The second-order valence-electron chi connectivity index (χ2n) is 5.99. The van der Waals surface area contributed by atoms with Crippen LogP contribution in [-0.4, -0.2) is 11.7 Å². The van der Waals surface area contributed by atoms with Crippen LogP contribution in [0.25, 0.3) is 10.4 Å². The van der Waals surface area contributed by atoms with Crippen molar-refractivity contribution in [1.82, 2.24) is 5.32 Å². The standard InChI is InChI=1S/C17H21NO2S/c1-12-9-10-21-15(12)14-7-5-13(6-8-14)11-18-16(19)20-17(2,3)4/h5-10H,11H2,1-4H3,(H,18,19). The third-order valence-corrected chi connectivity index (χ3v) is 3.98. The minimum absolute atomic E-state index is 0.388. The molecule has 0 unspecified atom stereocenters. The summed E-state index contributed by atoms with van der Waals surface area (Å²) in [5.41, 5.74) is 3.09. The van der Waals surface area contributed by atoms with Gasteiger partial charge < -0.3 is 10.1 Å². The summed E-state index contributed by atoms with van der Waals surface area (Å²) in [5.74, 6) is 0. The van der Waals surface area contributed by atoms with Gasteiger partial charge in [-0.25, -0.2) is 4.79 Å². The van der Waals surface area contributed by atoms with Crippen LogP contribution in [-0.2, 0) is 11.3 Å². The molecule has 0 saturated carbocycles. The molecule has 0 spiro atoms. The largest absolute Gasteiger partial charge is 0.444 e. The van der Waals surface area contributed by atoms with Crippen LogP contribution in [0.3, 0.4) is 0 Å². The first kappa shape index (κ1) is 15.6. The molecule has 2 rings (SSSR count). The number of hydrogen-bond donors (Lipinski definition) is 1. The summed E-state index contributed by atoms with van der Waals surface area (Å²) in [6.07, 6.45) is -0.388. The predicted molar refractivity (Wildman–Crippen MR) is 87.6 cm³/mol. The number of nitrogens with one attached hydrogen (secondary N) is 1. The fraction of sp³-hybridized carbons (Fsp3) is 0.353. The van der Waals surface area contributed by atoms with E-state index in [1.807, 2.05) is 32.9 Å². The third-order valence-electron chi connectivity index (χ3n) is 2.91. The lowest BCUT2D eigenvalue weighted by atomic mass is 10.1. The minimum atomic E-state index is -0.468. The zero-order valence-electron chi connectivity index (χ0n) is 12.9. The van der Waals surface area contributed by atoms with Crippen LogP contribution in [0.1, 0.15) is 31.9 Å². The van der Waals surface area contributed by atoms with Crippen LogP contribution in [0.5, 0.6) is 0 Å². The number of ether oxygens (including phenoxy) is 1. The van der Waals surface area contributed by atoms with Gasteiger partial charge in [-0.15, -0.1) is 11.3 Å². The highest BCUT2D eigenvalue weighted by Gasteiger charge is 2.15. The first-order valence-electron chi connectivity index (χ1n) is 6.95. The van der Waals surface area contributed by atoms with Crippen molar-refractivity contribution >= 4 is 17.4 Å². The summed E-state index contributed by atoms with van der Waals surface area (Å²) in [5, 5.41) is 4.86. The van der Waals surface area contributed by atoms with Crippen LogP contribution in [0.2, 0.25) is 0 Å². The normalized spacial score (nSPS) is 11.2. The maximum absolute atomic E-state index is 11.6. The second-order valence-corrected chi connectivity index (χ2v) is 6.90. The van der Waals surface area contributed by atoms with Crippen LogP contribution in [0.4, 0.5) is 4.79 Å². The number of amides is 1. The van der Waals surface area contributed by atoms with Crippen LogP contribution in [0, 0.1) is 6.92 Å². The number of benzene rings is 1. The van der Waals surface area contributed by atoms with E-state index in [-0.39, 0.29) is 6.09 Å². The second kappa shape index (κ2) is 6.31. The smallest absolute Gasteiger partial charge is 0.407 e. The van der Waals surface area contributed by atoms with E-state index in [0.717, 1.165) is 5.56 Å². The Bertz CT molecular complexity index is 608. The monoisotopic (exact) mass is 303 g/mol. The Hall–Kier alpha value is -1.81. The van der Waals surface area contributed by atoms with E-state index in [1.54, 1.807) is 11.3 Å². The zero-order valence-corrected chi connectivity index (χ0v) is 13.7. The Balaban J connectivity index is 1.94. The van der Waals surface area contributed by atoms with E-state index in [9.17, 15) is 4.79 Å². The van der Waals surface area contributed by atoms with Gasteiger partial charge in [0, 0.05) is 11.4 Å². The fourth-order valence-corrected chi connectivity index (χ4v) is 2.87. The molecule has 1 N–H and O–H groups in total. The Morgan fingerprint density at radius 1 is 1.19 bits per heavy atom. The quantitative estimate of drug-likeness (QED) is 0.888. The number of aryl methyl sites for hydroxylation is 1. The molecule has 0 saturated heterocycles. The Labute approximate surface area is 130 Å². The number of carbonyl (C=O) groups is 1. The molecule has 1 amide bonds. The molecule has 3 nitrogen and oxygen atoms in total. The summed E-state index contributed by atoms with van der Waals surface area (Å²) >= 11 is 1.74. The number of hydrogen-bond acceptors (Lipinski definition) is 3. The van der Waals surface area contributed by atoms with Crippen molar-refractivity contribution in [3.8, 4) is 10.4 Å². The predicted octanol–water partition coefficient (Wildman–Crippen LogP) is 4.75. The van der Waals surface area contributed by atoms with Crippen LogP contribution < -0.4 is 5.32 Å². The van der Waals surface area contributed by atoms with Gasteiger partial charge in [-0.1, -0.05) is 24.3 Å². The maximum Gasteiger partial charge on any atom is 0.407 e. The molecule has 1 aromatic carbocycles. The van der Waals surface area contributed by atoms with Gasteiger partial charge in [-0.2, -0.15) is 0 Å². The van der Waals surface area contributed by atoms with Gasteiger partial charge in [0.25, 0.3) is 0 Å². The van der Waals surface area contributed by atoms with E-state index in [1.165, 1.54) is 16.0 Å². The lowest BCUT2D eigenvalue weighted by Crippen LogP contribution is -2.32. The highest BCUT2D eigenvalue weighted by atomic mass is 32.1. The number of carbonyl (C=O) groups excluding carboxylic acids is 1. The molecule has 0 bridgehead atoms. The fourth-order valence-electron chi connectivity index (χ4n) is 1.93. The van der Waals surface area contributed by atoms with Crippen molar-refractivity contribution in [1.29, 1.82) is 0 Å². The van der Waals surface area contributed by atoms with Gasteiger partial charge >= 0.3 is 6.09 Å². The summed E-state index contributed by atoms with van der Waals surface area (Å²) in [4.78, 5) is 12.9. The van der Waals surface area contributed by atoms with Gasteiger partial charge in [0.2, 0.25) is 0 Å². The Morgan fingerprint density at radius 3 is 2.38 bits per heavy atom. The number of alkyl carbamates (subject to hydrolysis) is 1. The van der Waals surface area contributed by atoms with Crippen molar-refractivity contribution in [2.45, 2.75) is 39.8 Å². The molecular weight excluding hydrogens is 282 g/mol. The van der Waals surface area contributed by atoms with Crippen molar-refractivity contribution < 1.29 is 9.53 Å². The van der Waals surface area contributed by atoms with Gasteiger partial charge in [0.05, 0.1) is 0 Å². The number of rotatable bonds is 3. The lowest BCUT2D eigenvalue weighted by Gasteiger charge is -2.19. The Morgan fingerprint density at radius 2 is 1.86 bits per heavy atom. The highest BCUT2D eigenvalue weighted by Crippen LogP contribution is 2.28. The van der Waals surface area contributed by atoms with Gasteiger partial charge in [0.15, 0.2) is 0 Å². The molecular formula is C17H21NO2S. The maximum atomic E-state index is 11.6. The average Bonchev–Trinajstić information content (AvgIpc) is 2.81. The van der Waals surface area contributed by atoms with E-state index >= 15 is 0 Å². The summed E-state index contributed by atoms with van der Waals surface area (Å²) in [6, 6.07) is 10.4. The molecule has 0 radical (unpaired) electrons. The molecule has 2 aromatic rings.